The average molecular weight is 587 g/mol. The Bertz CT molecular complexity index is 1750. The molecule has 0 radical (unpaired) electrons. The topological polar surface area (TPSA) is 79.2 Å². The number of benzene rings is 6. The number of phenolic OH excluding ortho intramolecular Hbond substituents is 2. The lowest BCUT2D eigenvalue weighted by molar-refractivity contribution is 0.215. The molecule has 1 aliphatic heterocycles. The minimum absolute atomic E-state index is 0.0879. The van der Waals surface area contributed by atoms with Gasteiger partial charge in [-0.05, 0) is 88.0 Å². The molecule has 0 saturated heterocycles. The van der Waals surface area contributed by atoms with E-state index in [-0.39, 0.29) is 17.4 Å². The van der Waals surface area contributed by atoms with Gasteiger partial charge in [0, 0.05) is 37.4 Å². The van der Waals surface area contributed by atoms with E-state index in [0.717, 1.165) is 68.3 Å². The summed E-state index contributed by atoms with van der Waals surface area (Å²) >= 11 is 0. The summed E-state index contributed by atoms with van der Waals surface area (Å²) in [4.78, 5) is 0. The molecule has 0 spiro atoms. The molecule has 0 fully saturated rings. The summed E-state index contributed by atoms with van der Waals surface area (Å²) in [6, 6.07) is 38.1. The van der Waals surface area contributed by atoms with Gasteiger partial charge in [-0.1, -0.05) is 85.8 Å². The third kappa shape index (κ3) is 6.40. The summed E-state index contributed by atoms with van der Waals surface area (Å²) in [6.45, 7) is 5.03. The Kier molecular flexibility index (Phi) is 9.80. The molecule has 3 N–H and O–H groups in total. The Morgan fingerprint density at radius 1 is 0.636 bits per heavy atom. The van der Waals surface area contributed by atoms with Crippen molar-refractivity contribution in [2.24, 2.45) is 0 Å². The van der Waals surface area contributed by atoms with Crippen LogP contribution in [-0.4, -0.2) is 35.6 Å². The van der Waals surface area contributed by atoms with E-state index in [1.807, 2.05) is 56.3 Å². The Hall–Kier alpha value is -4.84. The van der Waals surface area contributed by atoms with Gasteiger partial charge in [0.15, 0.2) is 0 Å². The zero-order chi connectivity index (χ0) is 31.1. The van der Waals surface area contributed by atoms with Gasteiger partial charge in [-0.15, -0.1) is 0 Å². The molecule has 0 bridgehead atoms. The monoisotopic (exact) mass is 586 g/mol. The van der Waals surface area contributed by atoms with Gasteiger partial charge in [0.2, 0.25) is 0 Å². The van der Waals surface area contributed by atoms with Crippen molar-refractivity contribution in [3.05, 3.63) is 132 Å². The summed E-state index contributed by atoms with van der Waals surface area (Å²) in [6.07, 6.45) is 0.875. The molecule has 0 aliphatic carbocycles. The molecule has 44 heavy (non-hydrogen) atoms. The quantitative estimate of drug-likeness (QED) is 0.191. The van der Waals surface area contributed by atoms with E-state index in [1.54, 1.807) is 31.4 Å². The van der Waals surface area contributed by atoms with E-state index in [9.17, 15) is 10.2 Å². The second kappa shape index (κ2) is 14.1. The van der Waals surface area contributed by atoms with Crippen LogP contribution in [0, 0.1) is 0 Å². The van der Waals surface area contributed by atoms with Crippen molar-refractivity contribution in [3.63, 3.8) is 0 Å². The zero-order valence-electron chi connectivity index (χ0n) is 25.3. The number of hydrogen-bond donors (Lipinski definition) is 3. The lowest BCUT2D eigenvalue weighted by Gasteiger charge is -2.31. The van der Waals surface area contributed by atoms with Crippen LogP contribution >= 0.6 is 0 Å². The van der Waals surface area contributed by atoms with Gasteiger partial charge in [-0.3, -0.25) is 0 Å². The second-order valence-corrected chi connectivity index (χ2v) is 10.6. The van der Waals surface area contributed by atoms with Crippen LogP contribution in [0.5, 0.6) is 23.0 Å². The Balaban J connectivity index is 0.000000432. The van der Waals surface area contributed by atoms with Crippen LogP contribution in [0.25, 0.3) is 32.7 Å². The molecule has 0 unspecified atom stereocenters. The number of phenols is 2. The molecule has 1 aliphatic rings. The zero-order valence-corrected chi connectivity index (χ0v) is 25.3. The molecule has 6 aromatic rings. The molecule has 0 amide bonds. The SMILES string of the molecule is CCCO.CCOC.Oc1ccc2c3c(ccc2c1)Oc1ccc2cc(O)ccc2c1C3c1ccc(-c2ccccc2)cc1. The van der Waals surface area contributed by atoms with Crippen LogP contribution in [0.4, 0.5) is 0 Å². The van der Waals surface area contributed by atoms with Gasteiger partial charge in [0.25, 0.3) is 0 Å². The molecule has 0 aromatic heterocycles. The minimum Gasteiger partial charge on any atom is -0.508 e. The van der Waals surface area contributed by atoms with Crippen molar-refractivity contribution in [1.29, 1.82) is 0 Å². The van der Waals surface area contributed by atoms with E-state index in [2.05, 4.69) is 53.3 Å². The van der Waals surface area contributed by atoms with E-state index >= 15 is 0 Å². The molecule has 5 nitrogen and oxygen atoms in total. The molecule has 7 rings (SSSR count). The molecular weight excluding hydrogens is 548 g/mol. The molecule has 1 heterocycles. The molecule has 224 valence electrons. The highest BCUT2D eigenvalue weighted by Gasteiger charge is 2.32. The van der Waals surface area contributed by atoms with Gasteiger partial charge >= 0.3 is 0 Å². The maximum absolute atomic E-state index is 10.1. The third-order valence-electron chi connectivity index (χ3n) is 7.67. The first-order valence-electron chi connectivity index (χ1n) is 14.9. The highest BCUT2D eigenvalue weighted by Crippen LogP contribution is 2.52. The molecule has 6 aromatic carbocycles. The number of methoxy groups -OCH3 is 1. The lowest BCUT2D eigenvalue weighted by Crippen LogP contribution is -2.13. The molecule has 5 heteroatoms. The van der Waals surface area contributed by atoms with E-state index in [1.165, 1.54) is 5.56 Å². The number of ether oxygens (including phenoxy) is 2. The summed E-state index contributed by atoms with van der Waals surface area (Å²) in [7, 11) is 1.68. The van der Waals surface area contributed by atoms with Crippen LogP contribution in [-0.2, 0) is 4.74 Å². The largest absolute Gasteiger partial charge is 0.508 e. The number of hydrogen-bond acceptors (Lipinski definition) is 5. The average Bonchev–Trinajstić information content (AvgIpc) is 3.07. The summed E-state index contributed by atoms with van der Waals surface area (Å²) < 4.78 is 11.0. The van der Waals surface area contributed by atoms with Gasteiger partial charge in [-0.25, -0.2) is 0 Å². The second-order valence-electron chi connectivity index (χ2n) is 10.6. The third-order valence-corrected chi connectivity index (χ3v) is 7.67. The number of aliphatic hydroxyl groups is 1. The first-order chi connectivity index (χ1) is 21.5. The van der Waals surface area contributed by atoms with Crippen molar-refractivity contribution in [3.8, 4) is 34.1 Å². The predicted octanol–water partition coefficient (Wildman–Crippen LogP) is 9.40. The first kappa shape index (κ1) is 30.6. The van der Waals surface area contributed by atoms with Crippen LogP contribution in [0.15, 0.2) is 115 Å². The maximum atomic E-state index is 10.1. The lowest BCUT2D eigenvalue weighted by atomic mass is 9.78. The fourth-order valence-electron chi connectivity index (χ4n) is 5.51. The van der Waals surface area contributed by atoms with Crippen molar-refractivity contribution in [1.82, 2.24) is 0 Å². The summed E-state index contributed by atoms with van der Waals surface area (Å²) in [5.74, 6) is 2.02. The Labute approximate surface area is 258 Å². The number of fused-ring (bicyclic) bond motifs is 6. The van der Waals surface area contributed by atoms with E-state index < -0.39 is 0 Å². The van der Waals surface area contributed by atoms with Crippen LogP contribution in [0.3, 0.4) is 0 Å². The smallest absolute Gasteiger partial charge is 0.132 e. The van der Waals surface area contributed by atoms with Gasteiger partial charge in [-0.2, -0.15) is 0 Å². The van der Waals surface area contributed by atoms with Crippen LogP contribution in [0.2, 0.25) is 0 Å². The van der Waals surface area contributed by atoms with Gasteiger partial charge in [0.05, 0.1) is 0 Å². The van der Waals surface area contributed by atoms with Gasteiger partial charge in [0.1, 0.15) is 23.0 Å². The highest BCUT2D eigenvalue weighted by atomic mass is 16.5. The first-order valence-corrected chi connectivity index (χ1v) is 14.9. The number of rotatable bonds is 4. The van der Waals surface area contributed by atoms with Crippen molar-refractivity contribution >= 4 is 21.5 Å². The number of aliphatic hydroxyl groups excluding tert-OH is 1. The standard InChI is InChI=1S/C33H22O3.2C3H8O/c34-25-12-14-27-23(18-25)10-16-29-32(27)31(22-8-6-21(7-9-22)20-4-2-1-3-5-20)33-28-15-13-26(35)19-24(28)11-17-30(33)36-29;1-3-4-2;1-2-3-4/h1-19,31,34-35H;3H2,1-2H3;4H,2-3H2,1H3. The number of aromatic hydroxyl groups is 2. The normalized spacial score (nSPS) is 11.8. The van der Waals surface area contributed by atoms with Crippen LogP contribution in [0.1, 0.15) is 42.9 Å². The molecule has 0 atom stereocenters. The summed E-state index contributed by atoms with van der Waals surface area (Å²) in [5.41, 5.74) is 5.65. The fourth-order valence-corrected chi connectivity index (χ4v) is 5.51. The minimum atomic E-state index is -0.0879. The van der Waals surface area contributed by atoms with Gasteiger partial charge < -0.3 is 24.8 Å². The molecular formula is C39H38O5. The van der Waals surface area contributed by atoms with E-state index in [0.29, 0.717) is 6.61 Å². The maximum Gasteiger partial charge on any atom is 0.132 e. The molecule has 0 saturated carbocycles. The fraction of sp³-hybridized carbons (Fsp3) is 0.179. The highest BCUT2D eigenvalue weighted by molar-refractivity contribution is 5.96. The van der Waals surface area contributed by atoms with Crippen molar-refractivity contribution < 1.29 is 24.8 Å². The van der Waals surface area contributed by atoms with Crippen molar-refractivity contribution in [2.45, 2.75) is 26.2 Å². The Morgan fingerprint density at radius 2 is 1.11 bits per heavy atom. The Morgan fingerprint density at radius 3 is 1.57 bits per heavy atom. The predicted molar refractivity (Wildman–Crippen MR) is 179 cm³/mol. The van der Waals surface area contributed by atoms with E-state index in [4.69, 9.17) is 9.84 Å². The summed E-state index contributed by atoms with van der Waals surface area (Å²) in [5, 5.41) is 32.1. The van der Waals surface area contributed by atoms with Crippen molar-refractivity contribution in [2.75, 3.05) is 20.3 Å². The van der Waals surface area contributed by atoms with Crippen LogP contribution < -0.4 is 4.74 Å².